The molecule has 0 bridgehead atoms. The maximum absolute atomic E-state index is 13.5. The van der Waals surface area contributed by atoms with Gasteiger partial charge in [0, 0.05) is 89.6 Å². The lowest BCUT2D eigenvalue weighted by atomic mass is 10.0. The van der Waals surface area contributed by atoms with Crippen LogP contribution >= 0.6 is 0 Å². The van der Waals surface area contributed by atoms with Crippen molar-refractivity contribution in [3.8, 4) is 17.2 Å². The first-order valence-electron chi connectivity index (χ1n) is 40.8. The van der Waals surface area contributed by atoms with Crippen molar-refractivity contribution in [3.05, 3.63) is 36.2 Å². The van der Waals surface area contributed by atoms with Gasteiger partial charge in [-0.2, -0.15) is 0 Å². The second-order valence-electron chi connectivity index (χ2n) is 27.3. The number of sulfone groups is 1. The zero-order chi connectivity index (χ0) is 79.3. The lowest BCUT2D eigenvalue weighted by Gasteiger charge is -2.18. The highest BCUT2D eigenvalue weighted by molar-refractivity contribution is 7.90. The molecule has 628 valence electrons. The number of rotatable bonds is 77. The normalized spacial score (nSPS) is 11.7. The zero-order valence-electron chi connectivity index (χ0n) is 66.7. The molecular weight excluding hydrogens is 1440 g/mol. The molecule has 3 rings (SSSR count). The van der Waals surface area contributed by atoms with E-state index in [1.807, 2.05) is 0 Å². The Morgan fingerprint density at radius 2 is 0.773 bits per heavy atom. The number of hydrogen-bond acceptors (Lipinski definition) is 23. The summed E-state index contributed by atoms with van der Waals surface area (Å²) in [6.07, 6.45) is 36.4. The number of benzene rings is 1. The van der Waals surface area contributed by atoms with Gasteiger partial charge in [-0.1, -0.05) is 178 Å². The smallest absolute Gasteiger partial charge is 0.335 e. The topological polar surface area (TPSA) is 391 Å². The molecule has 32 heteroatoms. The van der Waals surface area contributed by atoms with Crippen LogP contribution in [0.1, 0.15) is 231 Å². The van der Waals surface area contributed by atoms with Gasteiger partial charge >= 0.3 is 5.22 Å². The van der Waals surface area contributed by atoms with E-state index < -0.39 is 32.9 Å². The van der Waals surface area contributed by atoms with Gasteiger partial charge in [-0.25, -0.2) is 13.1 Å². The van der Waals surface area contributed by atoms with Crippen LogP contribution in [0.5, 0.6) is 5.75 Å². The van der Waals surface area contributed by atoms with Gasteiger partial charge in [0.15, 0.2) is 0 Å². The molecule has 0 aliphatic carbocycles. The van der Waals surface area contributed by atoms with Crippen LogP contribution in [-0.4, -0.2) is 232 Å². The predicted octanol–water partition coefficient (Wildman–Crippen LogP) is 8.54. The molecule has 0 saturated carbocycles. The molecule has 0 aliphatic heterocycles. The van der Waals surface area contributed by atoms with E-state index in [2.05, 4.69) is 71.6 Å². The lowest BCUT2D eigenvalue weighted by molar-refractivity contribution is -0.130. The number of carbonyl (C=O) groups is 7. The van der Waals surface area contributed by atoms with Crippen molar-refractivity contribution in [1.82, 2.24) is 62.4 Å². The average Bonchev–Trinajstić information content (AvgIpc) is 1.68. The number of nitrogens with one attached hydrogen (secondary N) is 7. The molecule has 0 spiro atoms. The van der Waals surface area contributed by atoms with E-state index >= 15 is 0 Å². The van der Waals surface area contributed by atoms with Gasteiger partial charge in [0.2, 0.25) is 57.1 Å². The first kappa shape index (κ1) is 97.4. The fourth-order valence-electron chi connectivity index (χ4n) is 11.2. The summed E-state index contributed by atoms with van der Waals surface area (Å²) in [6.45, 7) is 10.7. The second kappa shape index (κ2) is 67.9. The molecule has 110 heavy (non-hydrogen) atoms. The molecule has 1 aromatic carbocycles. The number of nitrogens with zero attached hydrogens (tertiary/aromatic N) is 5. The van der Waals surface area contributed by atoms with Gasteiger partial charge in [0.25, 0.3) is 0 Å². The van der Waals surface area contributed by atoms with Gasteiger partial charge in [-0.15, -0.1) is 10.2 Å². The summed E-state index contributed by atoms with van der Waals surface area (Å²) in [7, 11) is -3.60. The van der Waals surface area contributed by atoms with E-state index in [-0.39, 0.29) is 127 Å². The molecule has 7 N–H and O–H groups in total. The van der Waals surface area contributed by atoms with Gasteiger partial charge in [0.05, 0.1) is 118 Å². The lowest BCUT2D eigenvalue weighted by Crippen LogP contribution is -2.48. The third kappa shape index (κ3) is 56.4. The summed E-state index contributed by atoms with van der Waals surface area (Å²) in [5, 5.41) is 34.7. The van der Waals surface area contributed by atoms with Crippen molar-refractivity contribution in [2.24, 2.45) is 0 Å². The number of aromatic nitrogens is 5. The third-order valence-corrected chi connectivity index (χ3v) is 18.3. The number of unbranched alkanes of at least 4 members (excludes halogenated alkanes) is 24. The molecule has 2 heterocycles. The van der Waals surface area contributed by atoms with E-state index in [0.717, 1.165) is 31.9 Å². The van der Waals surface area contributed by atoms with Crippen LogP contribution < -0.4 is 42.0 Å². The Bertz CT molecular complexity index is 2950. The summed E-state index contributed by atoms with van der Waals surface area (Å²) < 4.78 is 80.6. The molecule has 7 amide bonds. The minimum Gasteiger partial charge on any atom is -0.491 e. The second-order valence-corrected chi connectivity index (χ2v) is 29.2. The van der Waals surface area contributed by atoms with Crippen LogP contribution in [0, 0.1) is 0 Å². The van der Waals surface area contributed by atoms with Crippen LogP contribution in [0.25, 0.3) is 11.5 Å². The van der Waals surface area contributed by atoms with Crippen LogP contribution in [0.3, 0.4) is 0 Å². The molecular formula is C78H136N12O19S. The summed E-state index contributed by atoms with van der Waals surface area (Å²) in [4.78, 5) is 88.8. The molecule has 0 unspecified atom stereocenters. The van der Waals surface area contributed by atoms with Crippen molar-refractivity contribution in [3.63, 3.8) is 0 Å². The Kier molecular flexibility index (Phi) is 60.1. The number of carbonyl (C=O) groups excluding carboxylic acids is 7. The van der Waals surface area contributed by atoms with Crippen LogP contribution in [0.4, 0.5) is 0 Å². The predicted molar refractivity (Wildman–Crippen MR) is 417 cm³/mol. The molecule has 0 radical (unpaired) electrons. The van der Waals surface area contributed by atoms with Gasteiger partial charge in [-0.05, 0) is 43.5 Å². The van der Waals surface area contributed by atoms with Gasteiger partial charge < -0.3 is 84.3 Å². The molecule has 31 nitrogen and oxygen atoms in total. The Morgan fingerprint density at radius 1 is 0.400 bits per heavy atom. The number of ether oxygens (including phenoxy) is 9. The molecule has 0 fully saturated rings. The Balaban J connectivity index is 1.25. The fourth-order valence-corrected chi connectivity index (χ4v) is 11.6. The summed E-state index contributed by atoms with van der Waals surface area (Å²) in [5.41, 5.74) is 1.08. The minimum absolute atomic E-state index is 0.000927. The molecule has 0 saturated heterocycles. The summed E-state index contributed by atoms with van der Waals surface area (Å²) >= 11 is 0. The van der Waals surface area contributed by atoms with Crippen LogP contribution in [0.15, 0.2) is 40.1 Å². The Labute approximate surface area is 654 Å². The maximum Gasteiger partial charge on any atom is 0.335 e. The average molecular weight is 1580 g/mol. The van der Waals surface area contributed by atoms with Crippen LogP contribution in [0.2, 0.25) is 0 Å². The minimum atomic E-state index is -3.60. The third-order valence-electron chi connectivity index (χ3n) is 17.5. The molecule has 1 atom stereocenters. The van der Waals surface area contributed by atoms with E-state index in [4.69, 9.17) is 47.0 Å². The number of hydrogen-bond donors (Lipinski definition) is 7. The standard InChI is InChI=1S/C78H136N12O19S/c1-4-6-8-10-12-14-16-18-20-22-24-26-28-30-70(91)79-42-52-102-54-44-82-73(94)38-48-100-51-41-81-72(93)37-36-69(76(97)84-46-56-101-49-39-74(95)83-45-55-103-53-43-80-71(92)31-29-27-25-23-21-19-17-15-13-11-9-7-5-2)85-75(96)40-50-107-65-67-64-90(89-86-67)47-57-104-58-59-105-60-61-106-62-63-108-68-34-32-66(33-35-68)77-87-88-78(109-77)110(3,98)99/h32-35,64,69H,4-31,36-63,65H2,1-3H3,(H,79,91)(H,80,92)(H,81,93)(H,82,94)(H,83,95)(H,84,97)(H,85,96)/t69-/m0/s1. The highest BCUT2D eigenvalue weighted by Gasteiger charge is 2.23. The van der Waals surface area contributed by atoms with Gasteiger partial charge in [-0.3, -0.25) is 33.6 Å². The maximum atomic E-state index is 13.5. The summed E-state index contributed by atoms with van der Waals surface area (Å²) in [6, 6.07) is 5.68. The molecule has 3 aromatic rings. The monoisotopic (exact) mass is 1580 g/mol. The highest BCUT2D eigenvalue weighted by Crippen LogP contribution is 2.23. The largest absolute Gasteiger partial charge is 0.491 e. The zero-order valence-corrected chi connectivity index (χ0v) is 67.5. The first-order valence-corrected chi connectivity index (χ1v) is 42.7. The van der Waals surface area contributed by atoms with Crippen molar-refractivity contribution >= 4 is 51.2 Å². The quantitative estimate of drug-likeness (QED) is 0.0260. The molecule has 0 aliphatic rings. The van der Waals surface area contributed by atoms with Crippen molar-refractivity contribution in [2.75, 3.05) is 151 Å². The SMILES string of the molecule is CCCCCCCCCCCCCCCC(=O)NCCOCCNC(=O)CCOCCNC(=O)CC[C@H](NC(=O)CCOCc1cn(CCOCCOCCOCCOc2ccc(-c3nnc(S(C)(=O)=O)o3)cc2)nn1)C(=O)NCCOCCC(=O)NCCOCCNC(=O)CCCCCCCCCCCCCCC. The Hall–Kier alpha value is -6.78. The van der Waals surface area contributed by atoms with Crippen LogP contribution in [-0.2, 0) is 94.4 Å². The van der Waals surface area contributed by atoms with Crippen molar-refractivity contribution < 1.29 is 89.0 Å². The Morgan fingerprint density at radius 3 is 1.22 bits per heavy atom. The van der Waals surface area contributed by atoms with E-state index in [1.54, 1.807) is 35.1 Å². The highest BCUT2D eigenvalue weighted by atomic mass is 32.2. The van der Waals surface area contributed by atoms with E-state index in [0.29, 0.717) is 129 Å². The van der Waals surface area contributed by atoms with Crippen molar-refractivity contribution in [2.45, 2.75) is 250 Å². The molecule has 2 aromatic heterocycles. The first-order chi connectivity index (χ1) is 53.7. The van der Waals surface area contributed by atoms with Gasteiger partial charge in [0.1, 0.15) is 24.1 Å². The number of amides is 7. The van der Waals surface area contributed by atoms with E-state index in [1.165, 1.54) is 141 Å². The van der Waals surface area contributed by atoms with E-state index in [9.17, 15) is 42.0 Å². The van der Waals surface area contributed by atoms with Crippen molar-refractivity contribution in [1.29, 1.82) is 0 Å². The summed E-state index contributed by atoms with van der Waals surface area (Å²) in [5.74, 6) is -1.13. The fraction of sp³-hybridized carbons (Fsp3) is 0.782.